The van der Waals surface area contributed by atoms with Crippen LogP contribution in [0, 0.1) is 11.3 Å². The molecule has 8 heteroatoms. The molecule has 0 aromatic carbocycles. The average molecular weight is 221 g/mol. The van der Waals surface area contributed by atoms with Crippen LogP contribution in [-0.4, -0.2) is 10.3 Å². The van der Waals surface area contributed by atoms with Crippen molar-refractivity contribution in [3.8, 4) is 6.07 Å². The first-order valence-electron chi connectivity index (χ1n) is 3.14. The number of primary amides is 1. The van der Waals surface area contributed by atoms with Crippen LogP contribution >= 0.6 is 11.5 Å². The fourth-order valence-corrected chi connectivity index (χ4v) is 1.46. The van der Waals surface area contributed by atoms with Crippen LogP contribution in [0.3, 0.4) is 0 Å². The number of rotatable bonds is 1. The van der Waals surface area contributed by atoms with Crippen molar-refractivity contribution in [3.63, 3.8) is 0 Å². The highest BCUT2D eigenvalue weighted by molar-refractivity contribution is 7.08. The summed E-state index contributed by atoms with van der Waals surface area (Å²) < 4.78 is 39.4. The molecular weight excluding hydrogens is 219 g/mol. The van der Waals surface area contributed by atoms with Gasteiger partial charge in [0.15, 0.2) is 5.69 Å². The Hall–Kier alpha value is -1.62. The molecule has 0 radical (unpaired) electrons. The summed E-state index contributed by atoms with van der Waals surface area (Å²) in [6.07, 6.45) is -4.74. The summed E-state index contributed by atoms with van der Waals surface area (Å²) in [6.45, 7) is 0. The standard InChI is InChI=1S/C6H2F3N3OS/c7-6(8,9)4-2(1-10)3(5(11)13)14-12-4/h(H2,11,13). The third kappa shape index (κ3) is 1.67. The zero-order valence-corrected chi connectivity index (χ0v) is 7.24. The molecule has 2 N–H and O–H groups in total. The number of hydrogen-bond acceptors (Lipinski definition) is 4. The molecule has 1 aromatic heterocycles. The third-order valence-corrected chi connectivity index (χ3v) is 2.16. The Morgan fingerprint density at radius 3 is 2.50 bits per heavy atom. The molecule has 0 spiro atoms. The van der Waals surface area contributed by atoms with Gasteiger partial charge in [-0.3, -0.25) is 4.79 Å². The highest BCUT2D eigenvalue weighted by Crippen LogP contribution is 2.33. The molecule has 0 unspecified atom stereocenters. The molecule has 4 nitrogen and oxygen atoms in total. The van der Waals surface area contributed by atoms with E-state index in [9.17, 15) is 18.0 Å². The Labute approximate surface area is 79.9 Å². The normalized spacial score (nSPS) is 11.0. The first-order chi connectivity index (χ1) is 6.38. The van der Waals surface area contributed by atoms with Crippen molar-refractivity contribution in [1.82, 2.24) is 4.37 Å². The van der Waals surface area contributed by atoms with Gasteiger partial charge in [0.1, 0.15) is 16.5 Å². The highest BCUT2D eigenvalue weighted by Gasteiger charge is 2.39. The molecule has 0 saturated heterocycles. The third-order valence-electron chi connectivity index (χ3n) is 1.30. The Bertz CT molecular complexity index is 417. The molecule has 0 aliphatic heterocycles. The number of carbonyl (C=O) groups is 1. The van der Waals surface area contributed by atoms with Gasteiger partial charge in [-0.2, -0.15) is 22.8 Å². The molecular formula is C6H2F3N3OS. The fraction of sp³-hybridized carbons (Fsp3) is 0.167. The Morgan fingerprint density at radius 2 is 2.14 bits per heavy atom. The van der Waals surface area contributed by atoms with Crippen LogP contribution < -0.4 is 5.73 Å². The van der Waals surface area contributed by atoms with Gasteiger partial charge in [-0.25, -0.2) is 0 Å². The molecule has 0 bridgehead atoms. The van der Waals surface area contributed by atoms with Crippen LogP contribution in [0.15, 0.2) is 0 Å². The van der Waals surface area contributed by atoms with Crippen LogP contribution in [0.25, 0.3) is 0 Å². The van der Waals surface area contributed by atoms with E-state index in [1.165, 1.54) is 6.07 Å². The van der Waals surface area contributed by atoms with Crippen molar-refractivity contribution in [3.05, 3.63) is 16.1 Å². The first kappa shape index (κ1) is 10.5. The maximum Gasteiger partial charge on any atom is 0.435 e. The molecule has 1 amide bonds. The van der Waals surface area contributed by atoms with Crippen molar-refractivity contribution in [1.29, 1.82) is 5.26 Å². The number of carbonyl (C=O) groups excluding carboxylic acids is 1. The van der Waals surface area contributed by atoms with Crippen LogP contribution in [0.2, 0.25) is 0 Å². The van der Waals surface area contributed by atoms with E-state index in [0.717, 1.165) is 0 Å². The Morgan fingerprint density at radius 1 is 1.57 bits per heavy atom. The molecule has 1 rings (SSSR count). The number of hydrogen-bond donors (Lipinski definition) is 1. The number of aromatic nitrogens is 1. The fourth-order valence-electron chi connectivity index (χ4n) is 0.756. The number of halogens is 3. The lowest BCUT2D eigenvalue weighted by atomic mass is 10.2. The van der Waals surface area contributed by atoms with Gasteiger partial charge in [-0.05, 0) is 11.5 Å². The Kier molecular flexibility index (Phi) is 2.44. The van der Waals surface area contributed by atoms with Crippen LogP contribution in [0.4, 0.5) is 13.2 Å². The Balaban J connectivity index is 3.37. The molecule has 74 valence electrons. The van der Waals surface area contributed by atoms with E-state index in [1.807, 2.05) is 0 Å². The smallest absolute Gasteiger partial charge is 0.365 e. The lowest BCUT2D eigenvalue weighted by Crippen LogP contribution is -2.13. The van der Waals surface area contributed by atoms with Gasteiger partial charge in [-0.15, -0.1) is 0 Å². The number of alkyl halides is 3. The van der Waals surface area contributed by atoms with Gasteiger partial charge in [0, 0.05) is 0 Å². The highest BCUT2D eigenvalue weighted by atomic mass is 32.1. The quantitative estimate of drug-likeness (QED) is 0.771. The topological polar surface area (TPSA) is 79.8 Å². The summed E-state index contributed by atoms with van der Waals surface area (Å²) in [5, 5.41) is 8.41. The largest absolute Gasteiger partial charge is 0.435 e. The van der Waals surface area contributed by atoms with E-state index in [4.69, 9.17) is 11.0 Å². The minimum absolute atomic E-state index is 0.269. The molecule has 0 aliphatic carbocycles. The summed E-state index contributed by atoms with van der Waals surface area (Å²) >= 11 is 0.269. The van der Waals surface area contributed by atoms with Gasteiger partial charge >= 0.3 is 6.18 Å². The summed E-state index contributed by atoms with van der Waals surface area (Å²) in [6, 6.07) is 1.26. The molecule has 0 saturated carbocycles. The van der Waals surface area contributed by atoms with Gasteiger partial charge in [0.05, 0.1) is 0 Å². The van der Waals surface area contributed by atoms with Crippen molar-refractivity contribution in [2.24, 2.45) is 5.73 Å². The lowest BCUT2D eigenvalue weighted by molar-refractivity contribution is -0.140. The van der Waals surface area contributed by atoms with Crippen molar-refractivity contribution in [2.75, 3.05) is 0 Å². The van der Waals surface area contributed by atoms with Crippen LogP contribution in [0.1, 0.15) is 20.9 Å². The molecule has 0 aliphatic rings. The maximum atomic E-state index is 12.2. The second-order valence-electron chi connectivity index (χ2n) is 2.21. The zero-order valence-electron chi connectivity index (χ0n) is 6.42. The van der Waals surface area contributed by atoms with Gasteiger partial charge in [-0.1, -0.05) is 0 Å². The average Bonchev–Trinajstić information content (AvgIpc) is 2.45. The minimum atomic E-state index is -4.74. The van der Waals surface area contributed by atoms with E-state index in [1.54, 1.807) is 0 Å². The van der Waals surface area contributed by atoms with Crippen molar-refractivity contribution in [2.45, 2.75) is 6.18 Å². The van der Waals surface area contributed by atoms with Crippen molar-refractivity contribution < 1.29 is 18.0 Å². The second kappa shape index (κ2) is 3.26. The molecule has 1 aromatic rings. The number of nitrogens with two attached hydrogens (primary N) is 1. The first-order valence-corrected chi connectivity index (χ1v) is 3.92. The maximum absolute atomic E-state index is 12.2. The number of nitriles is 1. The molecule has 0 fully saturated rings. The predicted octanol–water partition coefficient (Wildman–Crippen LogP) is 1.13. The number of amides is 1. The van der Waals surface area contributed by atoms with E-state index in [-0.39, 0.29) is 11.5 Å². The lowest BCUT2D eigenvalue weighted by Gasteiger charge is -2.01. The molecule has 14 heavy (non-hydrogen) atoms. The van der Waals surface area contributed by atoms with Gasteiger partial charge in [0.2, 0.25) is 0 Å². The SMILES string of the molecule is N#Cc1c(C(F)(F)F)nsc1C(N)=O. The van der Waals surface area contributed by atoms with E-state index < -0.39 is 28.2 Å². The summed E-state index contributed by atoms with van der Waals surface area (Å²) in [5.41, 5.74) is 2.59. The minimum Gasteiger partial charge on any atom is -0.365 e. The predicted molar refractivity (Wildman–Crippen MR) is 40.3 cm³/mol. The second-order valence-corrected chi connectivity index (χ2v) is 2.98. The van der Waals surface area contributed by atoms with Crippen molar-refractivity contribution >= 4 is 17.4 Å². The van der Waals surface area contributed by atoms with Crippen LogP contribution in [-0.2, 0) is 6.18 Å². The van der Waals surface area contributed by atoms with E-state index >= 15 is 0 Å². The summed E-state index contributed by atoms with van der Waals surface area (Å²) in [5.74, 6) is -1.09. The van der Waals surface area contributed by atoms with Gasteiger partial charge in [0.25, 0.3) is 5.91 Å². The molecule has 0 atom stereocenters. The zero-order chi connectivity index (χ0) is 10.9. The number of nitrogens with zero attached hydrogens (tertiary/aromatic N) is 2. The van der Waals surface area contributed by atoms with E-state index in [0.29, 0.717) is 0 Å². The summed E-state index contributed by atoms with van der Waals surface area (Å²) in [4.78, 5) is 10.1. The van der Waals surface area contributed by atoms with Gasteiger partial charge < -0.3 is 5.73 Å². The van der Waals surface area contributed by atoms with Crippen LogP contribution in [0.5, 0.6) is 0 Å². The molecule has 1 heterocycles. The summed E-state index contributed by atoms with van der Waals surface area (Å²) in [7, 11) is 0. The van der Waals surface area contributed by atoms with E-state index in [2.05, 4.69) is 4.37 Å². The monoisotopic (exact) mass is 221 g/mol.